The van der Waals surface area contributed by atoms with E-state index >= 15 is 0 Å². The van der Waals surface area contributed by atoms with Crippen molar-refractivity contribution in [2.45, 2.75) is 30.6 Å². The lowest BCUT2D eigenvalue weighted by Crippen LogP contribution is -2.42. The summed E-state index contributed by atoms with van der Waals surface area (Å²) < 4.78 is -1.47. The second-order valence-corrected chi connectivity index (χ2v) is 6.00. The van der Waals surface area contributed by atoms with E-state index in [2.05, 4.69) is 5.32 Å². The van der Waals surface area contributed by atoms with Crippen molar-refractivity contribution in [1.82, 2.24) is 5.32 Å². The molecule has 0 aromatic heterocycles. The number of phenolic OH excluding ortho intramolecular Hbond substituents is 2. The van der Waals surface area contributed by atoms with Crippen LogP contribution >= 0.6 is 23.2 Å². The van der Waals surface area contributed by atoms with Gasteiger partial charge in [-0.25, -0.2) is 0 Å². The first-order valence-corrected chi connectivity index (χ1v) is 6.15. The highest BCUT2D eigenvalue weighted by atomic mass is 35.5. The van der Waals surface area contributed by atoms with Crippen molar-refractivity contribution in [3.63, 3.8) is 0 Å². The van der Waals surface area contributed by atoms with E-state index in [4.69, 9.17) is 23.2 Å². The molecule has 0 radical (unpaired) electrons. The molecule has 0 aliphatic rings. The number of nitrogens with one attached hydrogen (secondary N) is 1. The van der Waals surface area contributed by atoms with Crippen LogP contribution in [0.1, 0.15) is 19.4 Å². The highest BCUT2D eigenvalue weighted by molar-refractivity contribution is 6.57. The lowest BCUT2D eigenvalue weighted by molar-refractivity contribution is -0.122. The van der Waals surface area contributed by atoms with E-state index in [1.54, 1.807) is 13.0 Å². The molecule has 1 aromatic carbocycles. The van der Waals surface area contributed by atoms with E-state index in [0.717, 1.165) is 5.56 Å². The molecule has 0 saturated carbocycles. The molecule has 0 aliphatic carbocycles. The number of hydrogen-bond donors (Lipinski definition) is 3. The van der Waals surface area contributed by atoms with Gasteiger partial charge in [-0.15, -0.1) is 0 Å². The third kappa shape index (κ3) is 4.27. The number of carbonyl (C=O) groups excluding carboxylic acids is 1. The normalized spacial score (nSPS) is 13.1. The number of aromatic hydroxyl groups is 2. The molecule has 0 spiro atoms. The first-order valence-electron chi connectivity index (χ1n) is 5.40. The zero-order chi connectivity index (χ0) is 13.9. The molecule has 0 saturated heterocycles. The Labute approximate surface area is 116 Å². The number of benzene rings is 1. The fourth-order valence-corrected chi connectivity index (χ4v) is 1.56. The molecule has 3 N–H and O–H groups in total. The predicted octanol–water partition coefficient (Wildman–Crippen LogP) is 2.34. The minimum atomic E-state index is -1.47. The second kappa shape index (κ2) is 5.67. The average molecular weight is 292 g/mol. The molecule has 1 atom stereocenters. The van der Waals surface area contributed by atoms with Crippen LogP contribution in [0.15, 0.2) is 18.2 Å². The first kappa shape index (κ1) is 14.9. The fraction of sp³-hybridized carbons (Fsp3) is 0.417. The molecule has 1 amide bonds. The number of phenols is 2. The number of amides is 1. The maximum Gasteiger partial charge on any atom is 0.256 e. The van der Waals surface area contributed by atoms with Crippen molar-refractivity contribution in [2.24, 2.45) is 0 Å². The molecule has 1 rings (SSSR count). The predicted molar refractivity (Wildman–Crippen MR) is 71.2 cm³/mol. The van der Waals surface area contributed by atoms with Gasteiger partial charge in [-0.1, -0.05) is 29.3 Å². The van der Waals surface area contributed by atoms with Gasteiger partial charge >= 0.3 is 0 Å². The maximum atomic E-state index is 11.5. The molecule has 1 aromatic rings. The summed E-state index contributed by atoms with van der Waals surface area (Å²) in [5.41, 5.74) is 0.781. The van der Waals surface area contributed by atoms with Crippen LogP contribution in [0.4, 0.5) is 0 Å². The quantitative estimate of drug-likeness (QED) is 0.589. The highest BCUT2D eigenvalue weighted by Gasteiger charge is 2.28. The Balaban J connectivity index is 2.62. The molecule has 6 heteroatoms. The van der Waals surface area contributed by atoms with Gasteiger partial charge in [0, 0.05) is 6.04 Å². The summed E-state index contributed by atoms with van der Waals surface area (Å²) in [6.45, 7) is 3.19. The molecule has 0 fully saturated rings. The largest absolute Gasteiger partial charge is 0.504 e. The van der Waals surface area contributed by atoms with E-state index in [0.29, 0.717) is 6.42 Å². The Bertz CT molecular complexity index is 443. The third-order valence-corrected chi connectivity index (χ3v) is 2.70. The van der Waals surface area contributed by atoms with Gasteiger partial charge in [-0.2, -0.15) is 0 Å². The van der Waals surface area contributed by atoms with Gasteiger partial charge in [0.1, 0.15) is 0 Å². The van der Waals surface area contributed by atoms with Gasteiger partial charge in [-0.3, -0.25) is 4.79 Å². The summed E-state index contributed by atoms with van der Waals surface area (Å²) in [5.74, 6) is -0.837. The smallest absolute Gasteiger partial charge is 0.256 e. The van der Waals surface area contributed by atoms with Crippen LogP contribution in [0.5, 0.6) is 11.5 Å². The van der Waals surface area contributed by atoms with Crippen molar-refractivity contribution >= 4 is 29.1 Å². The molecular weight excluding hydrogens is 277 g/mol. The van der Waals surface area contributed by atoms with E-state index in [-0.39, 0.29) is 17.5 Å². The molecule has 100 valence electrons. The van der Waals surface area contributed by atoms with Crippen molar-refractivity contribution in [3.05, 3.63) is 23.8 Å². The summed E-state index contributed by atoms with van der Waals surface area (Å²) in [7, 11) is 0. The van der Waals surface area contributed by atoms with Crippen LogP contribution in [-0.2, 0) is 11.2 Å². The maximum absolute atomic E-state index is 11.5. The standard InChI is InChI=1S/C12H15Cl2NO3/c1-7(15-11(18)12(2,13)14)5-8-3-4-9(16)10(17)6-8/h3-4,6-7,16-17H,5H2,1-2H3,(H,15,18)/t7-/m0/s1. The fourth-order valence-electron chi connectivity index (χ4n) is 1.45. The lowest BCUT2D eigenvalue weighted by atomic mass is 10.1. The van der Waals surface area contributed by atoms with Crippen LogP contribution in [0.2, 0.25) is 0 Å². The molecule has 0 heterocycles. The van der Waals surface area contributed by atoms with Gasteiger partial charge in [0.05, 0.1) is 0 Å². The van der Waals surface area contributed by atoms with Crippen molar-refractivity contribution < 1.29 is 15.0 Å². The number of rotatable bonds is 4. The van der Waals surface area contributed by atoms with Crippen molar-refractivity contribution in [2.75, 3.05) is 0 Å². The van der Waals surface area contributed by atoms with E-state index in [9.17, 15) is 15.0 Å². The summed E-state index contributed by atoms with van der Waals surface area (Å²) in [6, 6.07) is 4.31. The van der Waals surface area contributed by atoms with Crippen LogP contribution in [0, 0.1) is 0 Å². The summed E-state index contributed by atoms with van der Waals surface area (Å²) in [4.78, 5) is 11.5. The monoisotopic (exact) mass is 291 g/mol. The van der Waals surface area contributed by atoms with Crippen LogP contribution in [-0.4, -0.2) is 26.5 Å². The lowest BCUT2D eigenvalue weighted by Gasteiger charge is -2.19. The van der Waals surface area contributed by atoms with Crippen LogP contribution in [0.25, 0.3) is 0 Å². The van der Waals surface area contributed by atoms with Crippen LogP contribution in [0.3, 0.4) is 0 Å². The SMILES string of the molecule is C[C@@H](Cc1ccc(O)c(O)c1)NC(=O)C(C)(Cl)Cl. The number of hydrogen-bond acceptors (Lipinski definition) is 3. The first-order chi connectivity index (χ1) is 8.20. The Kier molecular flexibility index (Phi) is 4.71. The summed E-state index contributed by atoms with van der Waals surface area (Å²) in [5, 5.41) is 21.2. The van der Waals surface area contributed by atoms with Gasteiger partial charge in [0.2, 0.25) is 0 Å². The molecule has 0 unspecified atom stereocenters. The third-order valence-electron chi connectivity index (χ3n) is 2.36. The zero-order valence-corrected chi connectivity index (χ0v) is 11.6. The Morgan fingerprint density at radius 2 is 2.00 bits per heavy atom. The highest BCUT2D eigenvalue weighted by Crippen LogP contribution is 2.25. The summed E-state index contributed by atoms with van der Waals surface area (Å²) in [6.07, 6.45) is 0.490. The average Bonchev–Trinajstić information content (AvgIpc) is 2.22. The van der Waals surface area contributed by atoms with E-state index < -0.39 is 10.2 Å². The molecule has 0 bridgehead atoms. The number of alkyl halides is 2. The molecular formula is C12H15Cl2NO3. The second-order valence-electron chi connectivity index (χ2n) is 4.29. The zero-order valence-electron chi connectivity index (χ0n) is 10.1. The minimum absolute atomic E-state index is 0.176. The minimum Gasteiger partial charge on any atom is -0.504 e. The van der Waals surface area contributed by atoms with Gasteiger partial charge in [-0.05, 0) is 38.0 Å². The van der Waals surface area contributed by atoms with Gasteiger partial charge in [0.25, 0.3) is 5.91 Å². The topological polar surface area (TPSA) is 69.6 Å². The molecule has 0 aliphatic heterocycles. The number of halogens is 2. The van der Waals surface area contributed by atoms with E-state index in [1.165, 1.54) is 19.1 Å². The number of carbonyl (C=O) groups is 1. The summed E-state index contributed by atoms with van der Waals surface area (Å²) >= 11 is 11.3. The van der Waals surface area contributed by atoms with Crippen molar-refractivity contribution in [3.8, 4) is 11.5 Å². The Morgan fingerprint density at radius 1 is 1.39 bits per heavy atom. The van der Waals surface area contributed by atoms with Gasteiger partial charge < -0.3 is 15.5 Å². The van der Waals surface area contributed by atoms with Gasteiger partial charge in [0.15, 0.2) is 15.8 Å². The van der Waals surface area contributed by atoms with Crippen molar-refractivity contribution in [1.29, 1.82) is 0 Å². The molecule has 18 heavy (non-hydrogen) atoms. The van der Waals surface area contributed by atoms with E-state index in [1.807, 2.05) is 0 Å². The molecule has 4 nitrogen and oxygen atoms in total. The Hall–Kier alpha value is -1.13. The van der Waals surface area contributed by atoms with Crippen LogP contribution < -0.4 is 5.32 Å². The Morgan fingerprint density at radius 3 is 2.50 bits per heavy atom.